The van der Waals surface area contributed by atoms with Crippen LogP contribution in [0.3, 0.4) is 0 Å². The average molecular weight is 302 g/mol. The van der Waals surface area contributed by atoms with Crippen molar-refractivity contribution in [3.63, 3.8) is 0 Å². The molecule has 0 aromatic heterocycles. The Morgan fingerprint density at radius 2 is 2.38 bits per heavy atom. The van der Waals surface area contributed by atoms with Crippen LogP contribution in [0.5, 0.6) is 0 Å². The van der Waals surface area contributed by atoms with Crippen LogP contribution in [-0.2, 0) is 14.3 Å². The smallest absolute Gasteiger partial charge is 0.302 e. The fraction of sp³-hybridized carbons (Fsp3) is 0.875. The summed E-state index contributed by atoms with van der Waals surface area (Å²) in [6.07, 6.45) is 0.0226. The van der Waals surface area contributed by atoms with E-state index in [1.165, 1.54) is 6.92 Å². The van der Waals surface area contributed by atoms with Gasteiger partial charge in [0.15, 0.2) is 0 Å². The van der Waals surface area contributed by atoms with Gasteiger partial charge in [0.1, 0.15) is 6.61 Å². The van der Waals surface area contributed by atoms with Gasteiger partial charge in [-0.2, -0.15) is 0 Å². The van der Waals surface area contributed by atoms with Gasteiger partial charge in [-0.05, 0) is 12.8 Å². The molecule has 0 N–H and O–H groups in total. The van der Waals surface area contributed by atoms with Gasteiger partial charge >= 0.3 is 5.97 Å². The van der Waals surface area contributed by atoms with Gasteiger partial charge in [0.05, 0.1) is 10.0 Å². The molecule has 0 aromatic carbocycles. The molecule has 0 bridgehead atoms. The lowest BCUT2D eigenvalue weighted by Gasteiger charge is -2.28. The zero-order chi connectivity index (χ0) is 9.84. The van der Waals surface area contributed by atoms with Crippen LogP contribution in [0.25, 0.3) is 0 Å². The van der Waals surface area contributed by atoms with Crippen molar-refractivity contribution in [1.82, 2.24) is 0 Å². The molecule has 0 saturated carbocycles. The minimum atomic E-state index is -1.23. The monoisotopic (exact) mass is 302 g/mol. The Morgan fingerprint density at radius 3 is 2.92 bits per heavy atom. The predicted octanol–water partition coefficient (Wildman–Crippen LogP) is 1.83. The van der Waals surface area contributed by atoms with Gasteiger partial charge < -0.3 is 9.47 Å². The zero-order valence-corrected chi connectivity index (χ0v) is 9.49. The van der Waals surface area contributed by atoms with E-state index in [1.807, 2.05) is 22.6 Å². The Bertz CT molecular complexity index is 188. The second-order valence-corrected chi connectivity index (χ2v) is 4.61. The highest BCUT2D eigenvalue weighted by Gasteiger charge is 2.29. The third-order valence-electron chi connectivity index (χ3n) is 1.84. The van der Waals surface area contributed by atoms with Gasteiger partial charge in [0.25, 0.3) is 0 Å². The van der Waals surface area contributed by atoms with Gasteiger partial charge in [-0.3, -0.25) is 4.79 Å². The molecule has 1 heterocycles. The van der Waals surface area contributed by atoms with E-state index in [9.17, 15) is 9.18 Å². The molecule has 5 heteroatoms. The van der Waals surface area contributed by atoms with Crippen LogP contribution in [0.4, 0.5) is 4.39 Å². The molecule has 1 saturated heterocycles. The molecule has 1 fully saturated rings. The summed E-state index contributed by atoms with van der Waals surface area (Å²) in [7, 11) is 0. The van der Waals surface area contributed by atoms with Crippen LogP contribution in [0.2, 0.25) is 0 Å². The van der Waals surface area contributed by atoms with Crippen LogP contribution in [0, 0.1) is 0 Å². The maximum absolute atomic E-state index is 13.0. The summed E-state index contributed by atoms with van der Waals surface area (Å²) in [4.78, 5) is 10.5. The van der Waals surface area contributed by atoms with Gasteiger partial charge in [0, 0.05) is 6.92 Å². The molecule has 13 heavy (non-hydrogen) atoms. The highest BCUT2D eigenvalue weighted by molar-refractivity contribution is 14.1. The Hall–Kier alpha value is 0.0900. The SMILES string of the molecule is CC(=O)OC[C@@H]1CC[C@H](I)[C@@H](F)O1. The Kier molecular flexibility index (Phi) is 4.37. The van der Waals surface area contributed by atoms with Crippen LogP contribution in [-0.4, -0.2) is 29.0 Å². The summed E-state index contributed by atoms with van der Waals surface area (Å²) in [6, 6.07) is 0. The summed E-state index contributed by atoms with van der Waals surface area (Å²) in [5, 5.41) is 0. The first-order valence-electron chi connectivity index (χ1n) is 4.16. The van der Waals surface area contributed by atoms with E-state index in [2.05, 4.69) is 0 Å². The normalized spacial score (nSPS) is 34.2. The standard InChI is InChI=1S/C8H12FIO3/c1-5(11)12-4-6-2-3-7(10)8(9)13-6/h6-8H,2-4H2,1H3/t6-,7-,8-/m0/s1. The summed E-state index contributed by atoms with van der Waals surface area (Å²) in [5.41, 5.74) is 0. The first kappa shape index (κ1) is 11.2. The fourth-order valence-corrected chi connectivity index (χ4v) is 1.68. The third-order valence-corrected chi connectivity index (χ3v) is 3.03. The maximum atomic E-state index is 13.0. The van der Waals surface area contributed by atoms with Gasteiger partial charge in [-0.1, -0.05) is 22.6 Å². The minimum Gasteiger partial charge on any atom is -0.463 e. The molecule has 0 unspecified atom stereocenters. The van der Waals surface area contributed by atoms with Gasteiger partial charge in [-0.15, -0.1) is 0 Å². The summed E-state index contributed by atoms with van der Waals surface area (Å²) in [6.45, 7) is 1.50. The van der Waals surface area contributed by atoms with Crippen molar-refractivity contribution in [3.05, 3.63) is 0 Å². The molecule has 0 spiro atoms. The number of rotatable bonds is 2. The number of halogens is 2. The molecule has 0 aromatic rings. The largest absolute Gasteiger partial charge is 0.463 e. The summed E-state index contributed by atoms with van der Waals surface area (Å²) in [5.74, 6) is -0.351. The number of esters is 1. The third kappa shape index (κ3) is 3.76. The van der Waals surface area contributed by atoms with Crippen molar-refractivity contribution >= 4 is 28.6 Å². The van der Waals surface area contributed by atoms with Gasteiger partial charge in [-0.25, -0.2) is 4.39 Å². The van der Waals surface area contributed by atoms with E-state index >= 15 is 0 Å². The number of alkyl halides is 2. The second kappa shape index (κ2) is 5.09. The second-order valence-electron chi connectivity index (χ2n) is 3.01. The van der Waals surface area contributed by atoms with Crippen molar-refractivity contribution in [3.8, 4) is 0 Å². The molecule has 1 aliphatic heterocycles. The Balaban J connectivity index is 2.25. The lowest BCUT2D eigenvalue weighted by atomic mass is 10.1. The van der Waals surface area contributed by atoms with Crippen molar-refractivity contribution in [2.75, 3.05) is 6.61 Å². The molecule has 3 atom stereocenters. The molecular weight excluding hydrogens is 290 g/mol. The topological polar surface area (TPSA) is 35.5 Å². The number of carbonyl (C=O) groups excluding carboxylic acids is 1. The van der Waals surface area contributed by atoms with E-state index in [4.69, 9.17) is 9.47 Å². The molecule has 0 amide bonds. The quantitative estimate of drug-likeness (QED) is 0.443. The summed E-state index contributed by atoms with van der Waals surface area (Å²) >= 11 is 2.03. The highest BCUT2D eigenvalue weighted by atomic mass is 127. The van der Waals surface area contributed by atoms with E-state index in [-0.39, 0.29) is 22.6 Å². The molecule has 0 aliphatic carbocycles. The average Bonchev–Trinajstić information content (AvgIpc) is 2.07. The van der Waals surface area contributed by atoms with Crippen LogP contribution in [0.1, 0.15) is 19.8 Å². The number of ether oxygens (including phenoxy) is 2. The zero-order valence-electron chi connectivity index (χ0n) is 7.33. The first-order valence-corrected chi connectivity index (χ1v) is 5.41. The van der Waals surface area contributed by atoms with E-state index in [0.717, 1.165) is 12.8 Å². The van der Waals surface area contributed by atoms with Crippen molar-refractivity contribution in [2.45, 2.75) is 36.2 Å². The lowest BCUT2D eigenvalue weighted by molar-refractivity contribution is -0.157. The molecule has 0 radical (unpaired) electrons. The Morgan fingerprint density at radius 1 is 1.69 bits per heavy atom. The molecular formula is C8H12FIO3. The van der Waals surface area contributed by atoms with Gasteiger partial charge in [0.2, 0.25) is 6.36 Å². The molecule has 76 valence electrons. The van der Waals surface area contributed by atoms with Crippen LogP contribution in [0.15, 0.2) is 0 Å². The Labute approximate surface area is 90.1 Å². The number of carbonyl (C=O) groups is 1. The van der Waals surface area contributed by atoms with Crippen molar-refractivity contribution < 1.29 is 18.7 Å². The summed E-state index contributed by atoms with van der Waals surface area (Å²) < 4.78 is 22.6. The van der Waals surface area contributed by atoms with E-state index in [0.29, 0.717) is 0 Å². The highest BCUT2D eigenvalue weighted by Crippen LogP contribution is 2.26. The minimum absolute atomic E-state index is 0.0776. The fourth-order valence-electron chi connectivity index (χ4n) is 1.15. The van der Waals surface area contributed by atoms with Crippen molar-refractivity contribution in [2.24, 2.45) is 0 Å². The van der Waals surface area contributed by atoms with Crippen LogP contribution < -0.4 is 0 Å². The van der Waals surface area contributed by atoms with E-state index in [1.54, 1.807) is 0 Å². The van der Waals surface area contributed by atoms with Crippen LogP contribution >= 0.6 is 22.6 Å². The number of hydrogen-bond donors (Lipinski definition) is 0. The lowest BCUT2D eigenvalue weighted by Crippen LogP contribution is -2.35. The first-order chi connectivity index (χ1) is 6.09. The van der Waals surface area contributed by atoms with Crippen molar-refractivity contribution in [1.29, 1.82) is 0 Å². The molecule has 1 rings (SSSR count). The van der Waals surface area contributed by atoms with E-state index < -0.39 is 6.36 Å². The predicted molar refractivity (Wildman–Crippen MR) is 53.4 cm³/mol. The maximum Gasteiger partial charge on any atom is 0.302 e. The number of hydrogen-bond acceptors (Lipinski definition) is 3. The molecule has 1 aliphatic rings. The molecule has 3 nitrogen and oxygen atoms in total.